The van der Waals surface area contributed by atoms with Crippen molar-refractivity contribution in [2.75, 3.05) is 26.3 Å². The second-order valence-electron chi connectivity index (χ2n) is 5.39. The van der Waals surface area contributed by atoms with Crippen molar-refractivity contribution in [1.82, 2.24) is 4.31 Å². The number of benzene rings is 1. The largest absolute Gasteiger partial charge is 0.486 e. The van der Waals surface area contributed by atoms with Crippen molar-refractivity contribution in [3.05, 3.63) is 18.2 Å². The summed E-state index contributed by atoms with van der Waals surface area (Å²) in [4.78, 5) is 0.288. The van der Waals surface area contributed by atoms with Crippen LogP contribution in [0.25, 0.3) is 0 Å². The number of hydrogen-bond acceptors (Lipinski definition) is 4. The Kier molecular flexibility index (Phi) is 3.60. The van der Waals surface area contributed by atoms with Gasteiger partial charge < -0.3 is 9.47 Å². The molecular weight excluding hydrogens is 278 g/mol. The molecule has 0 bridgehead atoms. The highest BCUT2D eigenvalue weighted by Crippen LogP contribution is 2.33. The van der Waals surface area contributed by atoms with E-state index in [2.05, 4.69) is 6.92 Å². The molecule has 0 radical (unpaired) electrons. The van der Waals surface area contributed by atoms with Gasteiger partial charge in [-0.15, -0.1) is 0 Å². The number of hydrogen-bond donors (Lipinski definition) is 0. The molecule has 110 valence electrons. The zero-order valence-corrected chi connectivity index (χ0v) is 12.4. The average molecular weight is 297 g/mol. The smallest absolute Gasteiger partial charge is 0.243 e. The zero-order valence-electron chi connectivity index (χ0n) is 11.5. The minimum absolute atomic E-state index is 0.288. The monoisotopic (exact) mass is 297 g/mol. The van der Waals surface area contributed by atoms with Crippen LogP contribution in [0.1, 0.15) is 19.8 Å². The number of fused-ring (bicyclic) bond motifs is 1. The summed E-state index contributed by atoms with van der Waals surface area (Å²) in [5.41, 5.74) is 0. The highest BCUT2D eigenvalue weighted by atomic mass is 32.2. The normalized spacial score (nSPS) is 20.9. The summed E-state index contributed by atoms with van der Waals surface area (Å²) in [6, 6.07) is 4.84. The van der Waals surface area contributed by atoms with Gasteiger partial charge in [-0.25, -0.2) is 8.42 Å². The molecule has 0 amide bonds. The predicted molar refractivity (Wildman–Crippen MR) is 74.6 cm³/mol. The Balaban J connectivity index is 1.87. The van der Waals surface area contributed by atoms with Gasteiger partial charge in [0.2, 0.25) is 10.0 Å². The molecule has 0 N–H and O–H groups in total. The minimum atomic E-state index is -3.42. The highest BCUT2D eigenvalue weighted by molar-refractivity contribution is 7.89. The van der Waals surface area contributed by atoms with Crippen LogP contribution >= 0.6 is 0 Å². The summed E-state index contributed by atoms with van der Waals surface area (Å²) < 4.78 is 37.7. The van der Waals surface area contributed by atoms with E-state index in [9.17, 15) is 8.42 Å². The summed E-state index contributed by atoms with van der Waals surface area (Å²) in [5, 5.41) is 0. The third-order valence-electron chi connectivity index (χ3n) is 3.89. The van der Waals surface area contributed by atoms with Crippen LogP contribution in [0.5, 0.6) is 11.5 Å². The number of piperidine rings is 1. The van der Waals surface area contributed by atoms with Crippen molar-refractivity contribution in [1.29, 1.82) is 0 Å². The molecule has 1 saturated heterocycles. The Labute approximate surface area is 119 Å². The molecule has 0 atom stereocenters. The molecule has 1 fully saturated rings. The van der Waals surface area contributed by atoms with E-state index in [-0.39, 0.29) is 4.90 Å². The van der Waals surface area contributed by atoms with E-state index in [0.717, 1.165) is 12.8 Å². The molecule has 6 heteroatoms. The maximum absolute atomic E-state index is 12.6. The molecule has 1 aromatic carbocycles. The van der Waals surface area contributed by atoms with Crippen LogP contribution in [-0.4, -0.2) is 39.0 Å². The van der Waals surface area contributed by atoms with Gasteiger partial charge in [-0.05, 0) is 30.9 Å². The Morgan fingerprint density at radius 3 is 2.45 bits per heavy atom. The fourth-order valence-corrected chi connectivity index (χ4v) is 4.04. The molecule has 2 aliphatic heterocycles. The topological polar surface area (TPSA) is 55.8 Å². The fraction of sp³-hybridized carbons (Fsp3) is 0.571. The first-order valence-electron chi connectivity index (χ1n) is 6.97. The molecule has 20 heavy (non-hydrogen) atoms. The van der Waals surface area contributed by atoms with E-state index in [4.69, 9.17) is 9.47 Å². The van der Waals surface area contributed by atoms with Crippen LogP contribution in [0.2, 0.25) is 0 Å². The lowest BCUT2D eigenvalue weighted by Crippen LogP contribution is -2.37. The molecule has 0 unspecified atom stereocenters. The fourth-order valence-electron chi connectivity index (χ4n) is 2.56. The van der Waals surface area contributed by atoms with Gasteiger partial charge in [-0.1, -0.05) is 6.92 Å². The maximum Gasteiger partial charge on any atom is 0.243 e. The summed E-state index contributed by atoms with van der Waals surface area (Å²) in [6.07, 6.45) is 1.84. The van der Waals surface area contributed by atoms with Crippen LogP contribution in [-0.2, 0) is 10.0 Å². The Hall–Kier alpha value is -1.27. The van der Waals surface area contributed by atoms with Crippen molar-refractivity contribution in [2.24, 2.45) is 5.92 Å². The van der Waals surface area contributed by atoms with Crippen molar-refractivity contribution in [3.63, 3.8) is 0 Å². The zero-order chi connectivity index (χ0) is 14.2. The molecule has 0 aliphatic carbocycles. The van der Waals surface area contributed by atoms with Gasteiger partial charge in [-0.3, -0.25) is 0 Å². The van der Waals surface area contributed by atoms with E-state index in [1.165, 1.54) is 0 Å². The van der Waals surface area contributed by atoms with Crippen molar-refractivity contribution in [2.45, 2.75) is 24.7 Å². The van der Waals surface area contributed by atoms with E-state index < -0.39 is 10.0 Å². The third-order valence-corrected chi connectivity index (χ3v) is 5.79. The number of rotatable bonds is 2. The summed E-state index contributed by atoms with van der Waals surface area (Å²) in [7, 11) is -3.42. The summed E-state index contributed by atoms with van der Waals surface area (Å²) in [5.74, 6) is 1.73. The molecular formula is C14H19NO4S. The minimum Gasteiger partial charge on any atom is -0.486 e. The highest BCUT2D eigenvalue weighted by Gasteiger charge is 2.29. The van der Waals surface area contributed by atoms with Crippen LogP contribution in [0.3, 0.4) is 0 Å². The first kappa shape index (κ1) is 13.7. The van der Waals surface area contributed by atoms with Crippen molar-refractivity contribution in [3.8, 4) is 11.5 Å². The van der Waals surface area contributed by atoms with E-state index >= 15 is 0 Å². The predicted octanol–water partition coefficient (Wildman–Crippen LogP) is 1.88. The van der Waals surface area contributed by atoms with Gasteiger partial charge in [0.15, 0.2) is 11.5 Å². The molecule has 0 aromatic heterocycles. The van der Waals surface area contributed by atoms with Crippen LogP contribution in [0.4, 0.5) is 0 Å². The van der Waals surface area contributed by atoms with E-state index in [1.54, 1.807) is 22.5 Å². The van der Waals surface area contributed by atoms with Gasteiger partial charge >= 0.3 is 0 Å². The molecule has 0 saturated carbocycles. The molecule has 0 spiro atoms. The molecule has 2 aliphatic rings. The lowest BCUT2D eigenvalue weighted by atomic mass is 10.0. The summed E-state index contributed by atoms with van der Waals surface area (Å²) >= 11 is 0. The van der Waals surface area contributed by atoms with Crippen LogP contribution in [0.15, 0.2) is 23.1 Å². The van der Waals surface area contributed by atoms with Gasteiger partial charge in [0.1, 0.15) is 13.2 Å². The van der Waals surface area contributed by atoms with E-state index in [0.29, 0.717) is 43.7 Å². The lowest BCUT2D eigenvalue weighted by molar-refractivity contribution is 0.171. The van der Waals surface area contributed by atoms with Crippen molar-refractivity contribution >= 4 is 10.0 Å². The Bertz CT molecular complexity index is 591. The first-order valence-corrected chi connectivity index (χ1v) is 8.41. The first-order chi connectivity index (χ1) is 9.57. The maximum atomic E-state index is 12.6. The number of sulfonamides is 1. The lowest BCUT2D eigenvalue weighted by Gasteiger charge is -2.29. The Morgan fingerprint density at radius 2 is 1.75 bits per heavy atom. The molecule has 3 rings (SSSR count). The molecule has 5 nitrogen and oxygen atoms in total. The number of ether oxygens (including phenoxy) is 2. The second kappa shape index (κ2) is 5.26. The second-order valence-corrected chi connectivity index (χ2v) is 7.33. The SMILES string of the molecule is CC1CCN(S(=O)(=O)c2ccc3c(c2)OCCO3)CC1. The quantitative estimate of drug-likeness (QED) is 0.836. The Morgan fingerprint density at radius 1 is 1.10 bits per heavy atom. The molecule has 1 aromatic rings. The number of nitrogens with zero attached hydrogens (tertiary/aromatic N) is 1. The van der Waals surface area contributed by atoms with Gasteiger partial charge in [0.05, 0.1) is 4.90 Å². The third kappa shape index (κ3) is 2.50. The molecule has 2 heterocycles. The van der Waals surface area contributed by atoms with Gasteiger partial charge in [-0.2, -0.15) is 4.31 Å². The average Bonchev–Trinajstić information content (AvgIpc) is 2.47. The standard InChI is InChI=1S/C14H19NO4S/c1-11-4-6-15(7-5-11)20(16,17)12-2-3-13-14(10-12)19-9-8-18-13/h2-3,10-11H,4-9H2,1H3. The van der Waals surface area contributed by atoms with Crippen molar-refractivity contribution < 1.29 is 17.9 Å². The summed E-state index contributed by atoms with van der Waals surface area (Å²) in [6.45, 7) is 4.31. The van der Waals surface area contributed by atoms with E-state index in [1.807, 2.05) is 0 Å². The van der Waals surface area contributed by atoms with Crippen LogP contribution in [0, 0.1) is 5.92 Å². The van der Waals surface area contributed by atoms with Crippen LogP contribution < -0.4 is 9.47 Å². The van der Waals surface area contributed by atoms with Gasteiger partial charge in [0.25, 0.3) is 0 Å². The van der Waals surface area contributed by atoms with Gasteiger partial charge in [0, 0.05) is 19.2 Å².